The molecule has 8 radical (unpaired) electrons. The summed E-state index contributed by atoms with van der Waals surface area (Å²) in [5.74, 6) is -0.673. The summed E-state index contributed by atoms with van der Waals surface area (Å²) in [6.07, 6.45) is 3.88. The molecule has 4 aliphatic heterocycles. The first kappa shape index (κ1) is 60.9. The van der Waals surface area contributed by atoms with Crippen molar-refractivity contribution in [3.05, 3.63) is 81.3 Å². The molecule has 0 atom stereocenters. The fourth-order valence-electron chi connectivity index (χ4n) is 5.36. The van der Waals surface area contributed by atoms with Crippen molar-refractivity contribution in [2.24, 2.45) is 15.0 Å². The van der Waals surface area contributed by atoms with Gasteiger partial charge in [0.25, 0.3) is 0 Å². The third-order valence-electron chi connectivity index (χ3n) is 8.05. The number of halogens is 3. The van der Waals surface area contributed by atoms with Crippen LogP contribution in [0.3, 0.4) is 0 Å². The molecule has 0 unspecified atom stereocenters. The number of benzene rings is 2. The van der Waals surface area contributed by atoms with Gasteiger partial charge in [0.2, 0.25) is 0 Å². The van der Waals surface area contributed by atoms with E-state index in [1.54, 1.807) is 0 Å². The molecule has 0 aliphatic carbocycles. The van der Waals surface area contributed by atoms with E-state index < -0.39 is 5.91 Å². The van der Waals surface area contributed by atoms with E-state index in [1.165, 1.54) is 11.8 Å². The number of piperidine rings is 2. The van der Waals surface area contributed by atoms with Crippen LogP contribution in [-0.2, 0) is 75.0 Å². The number of hydrogen-bond acceptors (Lipinski definition) is 9. The van der Waals surface area contributed by atoms with E-state index in [4.69, 9.17) is 44.5 Å². The molecule has 4 heterocycles. The molecule has 0 aromatic heterocycles. The van der Waals surface area contributed by atoms with Crippen molar-refractivity contribution in [2.45, 2.75) is 59.3 Å². The average Bonchev–Trinajstić information content (AvgIpc) is 3.57. The smallest absolute Gasteiger partial charge is 0.154 e. The zero-order chi connectivity index (χ0) is 34.2. The number of alkyl halides is 1. The van der Waals surface area contributed by atoms with Gasteiger partial charge >= 0.3 is 0 Å². The fraction of sp³-hybridized carbons (Fsp3) is 0.472. The molecule has 9 nitrogen and oxygen atoms in total. The molecule has 2 N–H and O–H groups in total. The van der Waals surface area contributed by atoms with E-state index in [1.807, 2.05) is 36.4 Å². The van der Waals surface area contributed by atoms with Crippen LogP contribution in [0.2, 0.25) is 0 Å². The third-order valence-corrected chi connectivity index (χ3v) is 10.7. The second kappa shape index (κ2) is 28.6. The summed E-state index contributed by atoms with van der Waals surface area (Å²) in [6.45, 7) is 7.57. The number of thioether (sulfide) groups is 1. The number of rotatable bonds is 5. The molecule has 2 aromatic rings. The van der Waals surface area contributed by atoms with Gasteiger partial charge in [0.05, 0.1) is 17.5 Å². The second-order valence-electron chi connectivity index (χ2n) is 11.8. The van der Waals surface area contributed by atoms with Gasteiger partial charge in [-0.2, -0.15) is 0 Å². The van der Waals surface area contributed by atoms with E-state index in [0.717, 1.165) is 93.4 Å². The Balaban J connectivity index is -0.000000372. The molecule has 2 fully saturated rings. The van der Waals surface area contributed by atoms with E-state index in [2.05, 4.69) is 80.1 Å². The molecule has 18 heteroatoms. The van der Waals surface area contributed by atoms with Crippen LogP contribution in [0.1, 0.15) is 59.1 Å². The molecular weight excluding hydrogens is 1020 g/mol. The Kier molecular flexibility index (Phi) is 32.2. The Labute approximate surface area is 410 Å². The molecule has 0 saturated carbocycles. The maximum Gasteiger partial charge on any atom is 0.154 e. The van der Waals surface area contributed by atoms with Crippen molar-refractivity contribution in [3.8, 4) is 0 Å². The van der Waals surface area contributed by atoms with Gasteiger partial charge in [0.1, 0.15) is 21.4 Å². The standard InChI is InChI=1S/C17H19BrN3OS.C14H16BrN3S.C2H4ClNO.3CH4.2B.2Y/c1-12(22)11-23-16-15(13-3-5-14(18)6-4-13)19-17(20-16)7-9-21(2)10-8-17;1-18-8-6-14(7-9-18)16-12(13(19)17-14)10-2-4-11(15)5-3-10;3-1-2(4)5;;;;;;;/h3-6H,1,7-11H2,2H3;2-5H,6-9H2,1H3,(H,17,19);1H2,(H2,4,5);3*1H4;;;;/q-1;;;;;;;;;/p-1. The molecular formula is C36H50B2Br2ClN7O2S2Y2-2. The van der Waals surface area contributed by atoms with E-state index >= 15 is 0 Å². The summed E-state index contributed by atoms with van der Waals surface area (Å²) in [5.41, 5.74) is 9.54. The van der Waals surface area contributed by atoms with Crippen LogP contribution in [0.4, 0.5) is 0 Å². The molecule has 4 aliphatic rings. The van der Waals surface area contributed by atoms with E-state index in [0.29, 0.717) is 5.75 Å². The number of ketones is 1. The van der Waals surface area contributed by atoms with Gasteiger partial charge in [0, 0.05) is 166 Å². The van der Waals surface area contributed by atoms with Gasteiger partial charge in [-0.25, -0.2) is 4.99 Å². The van der Waals surface area contributed by atoms with Crippen molar-refractivity contribution in [1.29, 1.82) is 0 Å². The maximum absolute atomic E-state index is 11.3. The van der Waals surface area contributed by atoms with Gasteiger partial charge in [-0.05, 0) is 38.4 Å². The van der Waals surface area contributed by atoms with Crippen molar-refractivity contribution >= 4 is 117 Å². The summed E-state index contributed by atoms with van der Waals surface area (Å²) in [5, 5.41) is 4.31. The summed E-state index contributed by atoms with van der Waals surface area (Å²) in [4.78, 5) is 40.9. The van der Waals surface area contributed by atoms with Crippen LogP contribution >= 0.6 is 67.4 Å². The van der Waals surface area contributed by atoms with Crippen LogP contribution in [0, 0.1) is 6.92 Å². The topological polar surface area (TPSA) is 114 Å². The van der Waals surface area contributed by atoms with Crippen LogP contribution in [-0.4, -0.2) is 123 Å². The molecule has 6 rings (SSSR count). The number of thiocarbonyl (C=S) groups is 1. The molecule has 2 aromatic carbocycles. The number of nitrogens with zero attached hydrogens (tertiary/aromatic N) is 5. The van der Waals surface area contributed by atoms with Gasteiger partial charge in [0.15, 0.2) is 5.66 Å². The number of nitrogens with one attached hydrogen (secondary N) is 2. The zero-order valence-corrected chi connectivity index (χ0v) is 39.9. The van der Waals surface area contributed by atoms with Crippen molar-refractivity contribution in [1.82, 2.24) is 15.1 Å². The van der Waals surface area contributed by atoms with Crippen LogP contribution in [0.5, 0.6) is 0 Å². The molecule has 54 heavy (non-hydrogen) atoms. The number of carbonyl (C=O) groups is 2. The van der Waals surface area contributed by atoms with E-state index in [9.17, 15) is 9.59 Å². The largest absolute Gasteiger partial charge is 0.667 e. The summed E-state index contributed by atoms with van der Waals surface area (Å²) in [6, 6.07) is 16.3. The minimum absolute atomic E-state index is 0. The molecule has 1 amide bonds. The Morgan fingerprint density at radius 1 is 0.833 bits per heavy atom. The van der Waals surface area contributed by atoms with Gasteiger partial charge < -0.3 is 37.4 Å². The van der Waals surface area contributed by atoms with Crippen molar-refractivity contribution in [3.63, 3.8) is 0 Å². The number of aliphatic imine (C=N–C) groups is 3. The first-order chi connectivity index (χ1) is 22.3. The average molecular weight is 1070 g/mol. The minimum Gasteiger partial charge on any atom is -0.667 e. The first-order valence-electron chi connectivity index (χ1n) is 15.1. The Morgan fingerprint density at radius 3 is 1.65 bits per heavy atom. The molecule has 2 spiro atoms. The van der Waals surface area contributed by atoms with Gasteiger partial charge in [-0.3, -0.25) is 9.98 Å². The Bertz CT molecular complexity index is 1560. The molecule has 288 valence electrons. The normalized spacial score (nSPS) is 17.3. The number of Topliss-reactive ketones (excluding diaryl/α,β-unsaturated/α-hetero) is 1. The predicted octanol–water partition coefficient (Wildman–Crippen LogP) is 7.74. The number of amides is 1. The number of carbonyl (C=O) groups excluding carboxylic acids is 2. The molecule has 2 saturated heterocycles. The van der Waals surface area contributed by atoms with E-state index in [-0.39, 0.29) is 128 Å². The van der Waals surface area contributed by atoms with Crippen molar-refractivity contribution < 1.29 is 75.0 Å². The second-order valence-corrected chi connectivity index (χ2v) is 15.3. The Hall–Kier alpha value is 0.208. The maximum atomic E-state index is 11.3. The SMILES string of the molecule is C.C.C.CN1CCC2(CC1)N=C(c1ccc(Br)cc1)C(=S)N2.[B].[B].[CH2-]C(=O)CSC1=NC2(CCN(C)CC2)N=C1c1ccc(Br)cc1.[NH-]C(=O)CCl.[Y].[Y]. The van der Waals surface area contributed by atoms with Crippen LogP contribution < -0.4 is 5.32 Å². The molecule has 0 bridgehead atoms. The fourth-order valence-corrected chi connectivity index (χ4v) is 7.07. The van der Waals surface area contributed by atoms with Crippen molar-refractivity contribution in [2.75, 3.05) is 51.9 Å². The van der Waals surface area contributed by atoms with Gasteiger partial charge in [-0.1, -0.05) is 102 Å². The third kappa shape index (κ3) is 18.0. The number of hydrogen-bond donors (Lipinski definition) is 1. The van der Waals surface area contributed by atoms with Gasteiger partial charge in [-0.15, -0.1) is 11.6 Å². The zero-order valence-electron chi connectivity index (χ0n) is 28.7. The quantitative estimate of drug-likeness (QED) is 0.141. The predicted molar refractivity (Wildman–Crippen MR) is 238 cm³/mol. The van der Waals surface area contributed by atoms with Crippen LogP contribution in [0.25, 0.3) is 5.73 Å². The Morgan fingerprint density at radius 2 is 1.24 bits per heavy atom. The summed E-state index contributed by atoms with van der Waals surface area (Å²) < 4.78 is 2.11. The first-order valence-corrected chi connectivity index (χ1v) is 18.6. The summed E-state index contributed by atoms with van der Waals surface area (Å²) in [7, 11) is 4.28. The van der Waals surface area contributed by atoms with Crippen LogP contribution in [0.15, 0.2) is 72.5 Å². The monoisotopic (exact) mass is 1070 g/mol. The minimum atomic E-state index is -0.730. The number of likely N-dealkylation sites (tertiary alicyclic amines) is 2. The summed E-state index contributed by atoms with van der Waals surface area (Å²) >= 11 is 18.6.